The largest absolute Gasteiger partial charge is 0.354 e. The van der Waals surface area contributed by atoms with E-state index in [0.29, 0.717) is 11.3 Å². The van der Waals surface area contributed by atoms with Gasteiger partial charge in [0, 0.05) is 56.5 Å². The molecule has 7 nitrogen and oxygen atoms in total. The highest BCUT2D eigenvalue weighted by atomic mass is 16.6. The van der Waals surface area contributed by atoms with Crippen molar-refractivity contribution >= 4 is 52.1 Å². The number of nitrogens with one attached hydrogen (secondary N) is 2. The average molecular weight is 702 g/mol. The SMILES string of the molecule is Cc1ccc(-c2c3nc(c(-c4ccc(C)cc4)c4ccc([nH]4)c(-c4cccc([N+](=O)[O-])c4)c4nc(c(-c5ccc(C)cc5)c5ccc2[nH]5)C=C4)C=C3)cc1. The maximum Gasteiger partial charge on any atom is 0.270 e. The van der Waals surface area contributed by atoms with Crippen LogP contribution in [0.2, 0.25) is 0 Å². The maximum atomic E-state index is 12.0. The lowest BCUT2D eigenvalue weighted by molar-refractivity contribution is -0.384. The predicted octanol–water partition coefficient (Wildman–Crippen LogP) is 12.2. The van der Waals surface area contributed by atoms with Gasteiger partial charge in [-0.1, -0.05) is 102 Å². The Morgan fingerprint density at radius 2 is 0.778 bits per heavy atom. The minimum Gasteiger partial charge on any atom is -0.354 e. The van der Waals surface area contributed by atoms with Crippen LogP contribution in [0.15, 0.2) is 121 Å². The van der Waals surface area contributed by atoms with E-state index in [-0.39, 0.29) is 10.6 Å². The van der Waals surface area contributed by atoms with Crippen LogP contribution in [0.4, 0.5) is 5.69 Å². The number of nitrogens with zero attached hydrogens (tertiary/aromatic N) is 3. The van der Waals surface area contributed by atoms with Gasteiger partial charge in [0.2, 0.25) is 0 Å². The topological polar surface area (TPSA) is 100 Å². The van der Waals surface area contributed by atoms with E-state index in [1.165, 1.54) is 11.6 Å². The minimum atomic E-state index is -0.362. The van der Waals surface area contributed by atoms with Gasteiger partial charge in [0.1, 0.15) is 0 Å². The van der Waals surface area contributed by atoms with Gasteiger partial charge in [-0.15, -0.1) is 0 Å². The molecule has 7 aromatic rings. The molecule has 2 aliphatic rings. The molecule has 8 bridgehead atoms. The summed E-state index contributed by atoms with van der Waals surface area (Å²) in [6.45, 7) is 6.25. The van der Waals surface area contributed by atoms with Crippen LogP contribution >= 0.6 is 0 Å². The lowest BCUT2D eigenvalue weighted by Gasteiger charge is -2.07. The number of nitro benzene ring substituents is 1. The Hall–Kier alpha value is -7.12. The molecule has 0 fully saturated rings. The number of aryl methyl sites for hydroxylation is 3. The molecule has 7 heteroatoms. The summed E-state index contributed by atoms with van der Waals surface area (Å²) in [4.78, 5) is 29.8. The van der Waals surface area contributed by atoms with Crippen molar-refractivity contribution in [3.05, 3.63) is 171 Å². The lowest BCUT2D eigenvalue weighted by atomic mass is 10.0. The van der Waals surface area contributed by atoms with Crippen molar-refractivity contribution in [3.63, 3.8) is 0 Å². The molecule has 0 aliphatic carbocycles. The molecule has 2 aliphatic heterocycles. The number of non-ortho nitro benzene ring substituents is 1. The van der Waals surface area contributed by atoms with Crippen LogP contribution in [0.3, 0.4) is 0 Å². The first-order valence-corrected chi connectivity index (χ1v) is 17.9. The monoisotopic (exact) mass is 701 g/mol. The third-order valence-electron chi connectivity index (χ3n) is 10.1. The number of hydrogen-bond donors (Lipinski definition) is 2. The summed E-state index contributed by atoms with van der Waals surface area (Å²) >= 11 is 0. The molecule has 0 spiro atoms. The molecule has 9 rings (SSSR count). The number of rotatable bonds is 5. The highest BCUT2D eigenvalue weighted by Crippen LogP contribution is 2.39. The van der Waals surface area contributed by atoms with Crippen LogP contribution in [0.25, 0.3) is 90.9 Å². The normalized spacial score (nSPS) is 12.0. The van der Waals surface area contributed by atoms with Gasteiger partial charge in [-0.2, -0.15) is 0 Å². The molecule has 3 aromatic heterocycles. The first-order chi connectivity index (χ1) is 26.3. The van der Waals surface area contributed by atoms with Crippen molar-refractivity contribution < 1.29 is 4.92 Å². The fourth-order valence-electron chi connectivity index (χ4n) is 7.36. The van der Waals surface area contributed by atoms with E-state index in [4.69, 9.17) is 9.97 Å². The van der Waals surface area contributed by atoms with Crippen molar-refractivity contribution in [1.82, 2.24) is 19.9 Å². The average Bonchev–Trinajstić information content (AvgIpc) is 4.02. The number of H-pyrrole nitrogens is 2. The van der Waals surface area contributed by atoms with Crippen molar-refractivity contribution in [2.75, 3.05) is 0 Å². The van der Waals surface area contributed by atoms with Gasteiger partial charge in [0.25, 0.3) is 5.69 Å². The van der Waals surface area contributed by atoms with Gasteiger partial charge in [-0.25, -0.2) is 9.97 Å². The Morgan fingerprint density at radius 3 is 1.11 bits per heavy atom. The first-order valence-electron chi connectivity index (χ1n) is 17.9. The molecule has 54 heavy (non-hydrogen) atoms. The van der Waals surface area contributed by atoms with Crippen molar-refractivity contribution in [2.45, 2.75) is 20.8 Å². The van der Waals surface area contributed by atoms with Crippen LogP contribution in [-0.2, 0) is 0 Å². The lowest BCUT2D eigenvalue weighted by Crippen LogP contribution is -1.91. The smallest absolute Gasteiger partial charge is 0.270 e. The number of aromatic nitrogens is 4. The molecular formula is C47H35N5O2. The van der Waals surface area contributed by atoms with Gasteiger partial charge in [0.15, 0.2) is 0 Å². The number of nitro groups is 1. The standard InChI is InChI=1S/C47H35N5O2/c1-28-7-13-31(14-8-28)44-36-19-21-38(48-36)45(32-15-9-29(2)10-16-32)40-23-25-42(50-40)47(34-5-4-6-35(27-34)52(53)54)43-26-24-41(51-43)46(39-22-20-37(44)49-39)33-17-11-30(3)12-18-33/h4-27,48,51H,1-3H3. The van der Waals surface area contributed by atoms with Crippen LogP contribution < -0.4 is 0 Å². The maximum absolute atomic E-state index is 12.0. The molecule has 260 valence electrons. The Morgan fingerprint density at radius 1 is 0.444 bits per heavy atom. The van der Waals surface area contributed by atoms with Gasteiger partial charge < -0.3 is 9.97 Å². The minimum absolute atomic E-state index is 0.0116. The summed E-state index contributed by atoms with van der Waals surface area (Å²) in [5.74, 6) is 0. The molecular weight excluding hydrogens is 667 g/mol. The van der Waals surface area contributed by atoms with E-state index in [0.717, 1.165) is 89.2 Å². The molecule has 0 atom stereocenters. The van der Waals surface area contributed by atoms with Gasteiger partial charge in [-0.3, -0.25) is 10.1 Å². The number of benzene rings is 4. The zero-order chi connectivity index (χ0) is 36.9. The Labute approximate surface area is 312 Å². The van der Waals surface area contributed by atoms with Crippen molar-refractivity contribution in [1.29, 1.82) is 0 Å². The highest BCUT2D eigenvalue weighted by molar-refractivity contribution is 6.00. The van der Waals surface area contributed by atoms with Crippen LogP contribution in [0.1, 0.15) is 39.5 Å². The highest BCUT2D eigenvalue weighted by Gasteiger charge is 2.20. The first kappa shape index (κ1) is 32.8. The zero-order valence-corrected chi connectivity index (χ0v) is 30.0. The Balaban J connectivity index is 1.47. The van der Waals surface area contributed by atoms with E-state index in [1.54, 1.807) is 12.1 Å². The van der Waals surface area contributed by atoms with Crippen LogP contribution in [-0.4, -0.2) is 24.9 Å². The summed E-state index contributed by atoms with van der Waals surface area (Å²) < 4.78 is 0. The van der Waals surface area contributed by atoms with E-state index in [1.807, 2.05) is 24.3 Å². The zero-order valence-electron chi connectivity index (χ0n) is 30.0. The van der Waals surface area contributed by atoms with Crippen LogP contribution in [0, 0.1) is 30.9 Å². The van der Waals surface area contributed by atoms with E-state index in [9.17, 15) is 10.1 Å². The molecule has 0 radical (unpaired) electrons. The van der Waals surface area contributed by atoms with Gasteiger partial charge in [-0.05, 0) is 91.6 Å². The van der Waals surface area contributed by atoms with Gasteiger partial charge in [0.05, 0.1) is 27.7 Å². The number of hydrogen-bond acceptors (Lipinski definition) is 4. The second-order valence-corrected chi connectivity index (χ2v) is 13.9. The summed E-state index contributed by atoms with van der Waals surface area (Å²) in [5, 5.41) is 12.0. The quantitative estimate of drug-likeness (QED) is 0.138. The molecule has 0 saturated heterocycles. The third-order valence-corrected chi connectivity index (χ3v) is 10.1. The third kappa shape index (κ3) is 5.91. The Bertz CT molecular complexity index is 2810. The Kier molecular flexibility index (Phi) is 7.97. The fourth-order valence-corrected chi connectivity index (χ4v) is 7.36. The number of aromatic amines is 2. The van der Waals surface area contributed by atoms with Crippen LogP contribution in [0.5, 0.6) is 0 Å². The van der Waals surface area contributed by atoms with E-state index >= 15 is 0 Å². The van der Waals surface area contributed by atoms with Crippen molar-refractivity contribution in [3.8, 4) is 44.5 Å². The molecule has 0 saturated carbocycles. The van der Waals surface area contributed by atoms with Gasteiger partial charge >= 0.3 is 0 Å². The fraction of sp³-hybridized carbons (Fsp3) is 0.0638. The second-order valence-electron chi connectivity index (χ2n) is 13.9. The second kappa shape index (κ2) is 13.1. The van der Waals surface area contributed by atoms with E-state index < -0.39 is 0 Å². The van der Waals surface area contributed by atoms with E-state index in [2.05, 4.69) is 134 Å². The molecule has 2 N–H and O–H groups in total. The summed E-state index contributed by atoms with van der Waals surface area (Å²) in [5.41, 5.74) is 17.6. The molecule has 5 heterocycles. The summed E-state index contributed by atoms with van der Waals surface area (Å²) in [6, 6.07) is 40.6. The number of fused-ring (bicyclic) bond motifs is 8. The van der Waals surface area contributed by atoms with Crippen molar-refractivity contribution in [2.24, 2.45) is 0 Å². The molecule has 4 aromatic carbocycles. The molecule has 0 amide bonds. The summed E-state index contributed by atoms with van der Waals surface area (Å²) in [7, 11) is 0. The predicted molar refractivity (Wildman–Crippen MR) is 221 cm³/mol. The molecule has 0 unspecified atom stereocenters. The summed E-state index contributed by atoms with van der Waals surface area (Å²) in [6.07, 6.45) is 8.21.